The molecule has 1 aliphatic heterocycles. The van der Waals surface area contributed by atoms with Gasteiger partial charge >= 0.3 is 0 Å². The van der Waals surface area contributed by atoms with Gasteiger partial charge in [0.25, 0.3) is 11.7 Å². The monoisotopic (exact) mass is 532 g/mol. The van der Waals surface area contributed by atoms with Crippen molar-refractivity contribution in [2.45, 2.75) is 12.5 Å². The van der Waals surface area contributed by atoms with Gasteiger partial charge in [0.15, 0.2) is 11.5 Å². The number of carbonyl (C=O) groups excluding carboxylic acids is 2. The van der Waals surface area contributed by atoms with E-state index in [0.717, 1.165) is 11.0 Å². The molecule has 182 valence electrons. The van der Waals surface area contributed by atoms with Crippen molar-refractivity contribution in [3.63, 3.8) is 0 Å². The number of nitrogens with zero attached hydrogens (tertiary/aromatic N) is 2. The second-order valence-corrected chi connectivity index (χ2v) is 9.03. The number of rotatable bonds is 9. The smallest absolute Gasteiger partial charge is 0.295 e. The lowest BCUT2D eigenvalue weighted by atomic mass is 9.94. The largest absolute Gasteiger partial charge is 0.507 e. The van der Waals surface area contributed by atoms with Crippen LogP contribution in [0.15, 0.2) is 46.4 Å². The first-order chi connectivity index (χ1) is 16.2. The maximum absolute atomic E-state index is 13.2. The van der Waals surface area contributed by atoms with Crippen LogP contribution in [0.4, 0.5) is 0 Å². The molecule has 2 aromatic carbocycles. The van der Waals surface area contributed by atoms with Crippen LogP contribution in [0.5, 0.6) is 17.2 Å². The van der Waals surface area contributed by atoms with Crippen LogP contribution in [0, 0.1) is 0 Å². The Bertz CT molecular complexity index is 1070. The fourth-order valence-corrected chi connectivity index (χ4v) is 4.30. The van der Waals surface area contributed by atoms with Crippen LogP contribution >= 0.6 is 15.9 Å². The highest BCUT2D eigenvalue weighted by atomic mass is 79.9. The van der Waals surface area contributed by atoms with Crippen LogP contribution in [0.1, 0.15) is 23.6 Å². The van der Waals surface area contributed by atoms with Gasteiger partial charge in [0.05, 0.1) is 32.9 Å². The fraction of sp³-hybridized carbons (Fsp3) is 0.360. The van der Waals surface area contributed by atoms with Gasteiger partial charge in [-0.1, -0.05) is 28.1 Å². The second kappa shape index (κ2) is 10.9. The van der Waals surface area contributed by atoms with Crippen molar-refractivity contribution < 1.29 is 28.9 Å². The summed E-state index contributed by atoms with van der Waals surface area (Å²) >= 11 is 3.37. The number of halogens is 1. The predicted molar refractivity (Wildman–Crippen MR) is 132 cm³/mol. The lowest BCUT2D eigenvalue weighted by Gasteiger charge is -2.27. The van der Waals surface area contributed by atoms with Gasteiger partial charge in [-0.15, -0.1) is 0 Å². The molecule has 1 saturated heterocycles. The predicted octanol–water partition coefficient (Wildman–Crippen LogP) is 3.85. The molecule has 0 saturated carbocycles. The van der Waals surface area contributed by atoms with Crippen molar-refractivity contribution in [3.05, 3.63) is 57.6 Å². The van der Waals surface area contributed by atoms with E-state index in [0.29, 0.717) is 41.3 Å². The molecular weight excluding hydrogens is 504 g/mol. The summed E-state index contributed by atoms with van der Waals surface area (Å²) in [5.74, 6) is -0.454. The number of methoxy groups -OCH3 is 3. The van der Waals surface area contributed by atoms with E-state index in [1.807, 2.05) is 19.0 Å². The molecule has 2 aromatic rings. The van der Waals surface area contributed by atoms with Crippen molar-refractivity contribution in [3.8, 4) is 17.2 Å². The van der Waals surface area contributed by atoms with Crippen molar-refractivity contribution in [2.24, 2.45) is 0 Å². The minimum absolute atomic E-state index is 0.0199. The lowest BCUT2D eigenvalue weighted by molar-refractivity contribution is -0.139. The van der Waals surface area contributed by atoms with Crippen molar-refractivity contribution >= 4 is 33.4 Å². The molecule has 1 heterocycles. The van der Waals surface area contributed by atoms with Crippen molar-refractivity contribution in [2.75, 3.05) is 48.5 Å². The van der Waals surface area contributed by atoms with E-state index >= 15 is 0 Å². The third kappa shape index (κ3) is 5.05. The van der Waals surface area contributed by atoms with Crippen LogP contribution < -0.4 is 14.2 Å². The molecule has 0 radical (unpaired) electrons. The lowest BCUT2D eigenvalue weighted by Crippen LogP contribution is -2.32. The first-order valence-corrected chi connectivity index (χ1v) is 11.5. The van der Waals surface area contributed by atoms with Gasteiger partial charge in [-0.05, 0) is 56.9 Å². The van der Waals surface area contributed by atoms with Gasteiger partial charge in [-0.25, -0.2) is 0 Å². The molecule has 1 unspecified atom stereocenters. The highest BCUT2D eigenvalue weighted by Gasteiger charge is 2.46. The molecule has 9 heteroatoms. The number of hydrogen-bond acceptors (Lipinski definition) is 7. The van der Waals surface area contributed by atoms with Crippen LogP contribution in [0.2, 0.25) is 0 Å². The second-order valence-electron chi connectivity index (χ2n) is 8.11. The summed E-state index contributed by atoms with van der Waals surface area (Å²) < 4.78 is 17.2. The zero-order chi connectivity index (χ0) is 25.0. The number of amides is 1. The highest BCUT2D eigenvalue weighted by molar-refractivity contribution is 9.10. The summed E-state index contributed by atoms with van der Waals surface area (Å²) in [6.07, 6.45) is 0.652. The van der Waals surface area contributed by atoms with E-state index in [4.69, 9.17) is 14.2 Å². The molecule has 1 fully saturated rings. The third-order valence-corrected chi connectivity index (χ3v) is 6.19. The third-order valence-electron chi connectivity index (χ3n) is 5.66. The Balaban J connectivity index is 2.21. The zero-order valence-corrected chi connectivity index (χ0v) is 21.5. The number of ether oxygens (including phenoxy) is 3. The van der Waals surface area contributed by atoms with Crippen LogP contribution in [-0.4, -0.2) is 75.1 Å². The molecule has 0 aliphatic carbocycles. The van der Waals surface area contributed by atoms with E-state index in [-0.39, 0.29) is 11.3 Å². The van der Waals surface area contributed by atoms with Gasteiger partial charge in [0.1, 0.15) is 5.76 Å². The number of likely N-dealkylation sites (tertiary alicyclic amines) is 1. The number of carbonyl (C=O) groups is 2. The number of hydrogen-bond donors (Lipinski definition) is 1. The molecule has 34 heavy (non-hydrogen) atoms. The average molecular weight is 533 g/mol. The first-order valence-electron chi connectivity index (χ1n) is 10.7. The summed E-state index contributed by atoms with van der Waals surface area (Å²) in [5.41, 5.74) is 1.02. The number of benzene rings is 2. The van der Waals surface area contributed by atoms with E-state index in [1.165, 1.54) is 26.2 Å². The van der Waals surface area contributed by atoms with E-state index < -0.39 is 17.7 Å². The van der Waals surface area contributed by atoms with Crippen molar-refractivity contribution in [1.29, 1.82) is 0 Å². The molecule has 1 amide bonds. The Kier molecular flexibility index (Phi) is 8.22. The standard InChI is InChI=1S/C25H29BrN2O6/c1-27(2)11-6-12-28-21(16-13-18(32-3)24(34-5)19(14-16)33-4)20(23(30)25(28)31)22(29)15-7-9-17(26)10-8-15/h7-10,13-14,21,29H,6,11-12H2,1-5H3/b22-20+. The van der Waals surface area contributed by atoms with Crippen LogP contribution in [0.25, 0.3) is 5.76 Å². The number of aliphatic hydroxyl groups excluding tert-OH is 1. The summed E-state index contributed by atoms with van der Waals surface area (Å²) in [6, 6.07) is 9.47. The van der Waals surface area contributed by atoms with Crippen LogP contribution in [0.3, 0.4) is 0 Å². The summed E-state index contributed by atoms with van der Waals surface area (Å²) in [5, 5.41) is 11.2. The topological polar surface area (TPSA) is 88.5 Å². The average Bonchev–Trinajstić information content (AvgIpc) is 3.07. The van der Waals surface area contributed by atoms with Gasteiger partial charge in [0.2, 0.25) is 5.75 Å². The SMILES string of the molecule is COc1cc(C2/C(=C(\O)c3ccc(Br)cc3)C(=O)C(=O)N2CCCN(C)C)cc(OC)c1OC. The Hall–Kier alpha value is -3.04. The molecule has 1 N–H and O–H groups in total. The maximum Gasteiger partial charge on any atom is 0.295 e. The fourth-order valence-electron chi connectivity index (χ4n) is 4.04. The molecule has 0 bridgehead atoms. The number of ketones is 1. The Morgan fingerprint density at radius 2 is 1.62 bits per heavy atom. The highest BCUT2D eigenvalue weighted by Crippen LogP contribution is 2.45. The minimum Gasteiger partial charge on any atom is -0.507 e. The van der Waals surface area contributed by atoms with E-state index in [2.05, 4.69) is 15.9 Å². The molecule has 0 spiro atoms. The Morgan fingerprint density at radius 1 is 1.03 bits per heavy atom. The number of aliphatic hydroxyl groups is 1. The molecular formula is C25H29BrN2O6. The molecule has 3 rings (SSSR count). The Labute approximate surface area is 207 Å². The van der Waals surface area contributed by atoms with E-state index in [1.54, 1.807) is 36.4 Å². The van der Waals surface area contributed by atoms with Crippen molar-refractivity contribution in [1.82, 2.24) is 9.80 Å². The molecule has 1 aliphatic rings. The van der Waals surface area contributed by atoms with Gasteiger partial charge in [-0.2, -0.15) is 0 Å². The first kappa shape index (κ1) is 25.6. The van der Waals surface area contributed by atoms with Gasteiger partial charge in [-0.3, -0.25) is 9.59 Å². The molecule has 0 aromatic heterocycles. The normalized spacial score (nSPS) is 17.4. The van der Waals surface area contributed by atoms with E-state index in [9.17, 15) is 14.7 Å². The molecule has 1 atom stereocenters. The van der Waals surface area contributed by atoms with Crippen LogP contribution in [-0.2, 0) is 9.59 Å². The summed E-state index contributed by atoms with van der Waals surface area (Å²) in [7, 11) is 8.38. The minimum atomic E-state index is -0.820. The van der Waals surface area contributed by atoms with Gasteiger partial charge < -0.3 is 29.1 Å². The molecule has 8 nitrogen and oxygen atoms in total. The summed E-state index contributed by atoms with van der Waals surface area (Å²) in [4.78, 5) is 29.8. The Morgan fingerprint density at radius 3 is 2.12 bits per heavy atom. The quantitative estimate of drug-likeness (QED) is 0.298. The van der Waals surface area contributed by atoms with Gasteiger partial charge in [0, 0.05) is 16.6 Å². The number of Topliss-reactive ketones (excluding diaryl/α,β-unsaturated/α-hetero) is 1. The zero-order valence-electron chi connectivity index (χ0n) is 19.9. The summed E-state index contributed by atoms with van der Waals surface area (Å²) in [6.45, 7) is 1.07. The maximum atomic E-state index is 13.2.